The monoisotopic (exact) mass is 316 g/mol. The van der Waals surface area contributed by atoms with Gasteiger partial charge in [0.25, 0.3) is 10.1 Å². The molecule has 0 aliphatic carbocycles. The molecular formula is C13H20N2O5S. The lowest BCUT2D eigenvalue weighted by atomic mass is 10.3. The molecule has 2 rings (SSSR count). The molecule has 0 amide bonds. The van der Waals surface area contributed by atoms with Crippen LogP contribution < -0.4 is 4.74 Å². The third-order valence-corrected chi connectivity index (χ3v) is 4.35. The van der Waals surface area contributed by atoms with E-state index in [2.05, 4.69) is 4.90 Å². The molecule has 0 spiro atoms. The van der Waals surface area contributed by atoms with Gasteiger partial charge in [-0.05, 0) is 31.3 Å². The van der Waals surface area contributed by atoms with Gasteiger partial charge < -0.3 is 14.7 Å². The van der Waals surface area contributed by atoms with Crippen molar-refractivity contribution in [1.82, 2.24) is 9.80 Å². The van der Waals surface area contributed by atoms with Crippen molar-refractivity contribution in [2.75, 3.05) is 39.8 Å². The second-order valence-electron chi connectivity index (χ2n) is 5.08. The number of rotatable bonds is 5. The summed E-state index contributed by atoms with van der Waals surface area (Å²) in [5.41, 5.74) is 0. The van der Waals surface area contributed by atoms with Crippen LogP contribution in [0.25, 0.3) is 0 Å². The number of ether oxygens (including phenoxy) is 1. The van der Waals surface area contributed by atoms with Crippen molar-refractivity contribution in [3.8, 4) is 5.75 Å². The first-order valence-electron chi connectivity index (χ1n) is 6.67. The minimum atomic E-state index is -4.19. The number of benzene rings is 1. The van der Waals surface area contributed by atoms with Crippen LogP contribution in [0.15, 0.2) is 29.2 Å². The molecule has 1 unspecified atom stereocenters. The second kappa shape index (κ2) is 6.71. The standard InChI is InChI=1S/C13H20N2O5S/c1-14-6-8-15(9-7-14)13(16)10-20-11-2-4-12(5-3-11)21(17,18)19/h2-5,13,16H,6-10H2,1H3,(H,17,18,19). The van der Waals surface area contributed by atoms with Crippen LogP contribution in [0.4, 0.5) is 0 Å². The minimum absolute atomic E-state index is 0.106. The average molecular weight is 316 g/mol. The predicted molar refractivity (Wildman–Crippen MR) is 76.8 cm³/mol. The summed E-state index contributed by atoms with van der Waals surface area (Å²) in [5.74, 6) is 0.440. The quantitative estimate of drug-likeness (QED) is 0.732. The van der Waals surface area contributed by atoms with Crippen LogP contribution in [0, 0.1) is 0 Å². The van der Waals surface area contributed by atoms with E-state index in [4.69, 9.17) is 9.29 Å². The molecule has 0 aromatic heterocycles. The molecule has 1 atom stereocenters. The summed E-state index contributed by atoms with van der Waals surface area (Å²) in [5, 5.41) is 10.1. The third kappa shape index (κ3) is 4.65. The van der Waals surface area contributed by atoms with E-state index in [1.807, 2.05) is 11.9 Å². The summed E-state index contributed by atoms with van der Waals surface area (Å²) in [6.45, 7) is 3.47. The number of aliphatic hydroxyl groups is 1. The summed E-state index contributed by atoms with van der Waals surface area (Å²) in [4.78, 5) is 3.94. The van der Waals surface area contributed by atoms with Crippen LogP contribution in [0.5, 0.6) is 5.75 Å². The fourth-order valence-corrected chi connectivity index (χ4v) is 2.58. The molecule has 118 valence electrons. The van der Waals surface area contributed by atoms with Crippen LogP contribution in [0.2, 0.25) is 0 Å². The van der Waals surface area contributed by atoms with E-state index in [1.54, 1.807) is 0 Å². The van der Waals surface area contributed by atoms with Gasteiger partial charge in [-0.25, -0.2) is 0 Å². The minimum Gasteiger partial charge on any atom is -0.489 e. The summed E-state index contributed by atoms with van der Waals surface area (Å²) in [6, 6.07) is 5.40. The van der Waals surface area contributed by atoms with Crippen molar-refractivity contribution in [3.63, 3.8) is 0 Å². The van der Waals surface area contributed by atoms with Crippen molar-refractivity contribution >= 4 is 10.1 Å². The number of hydrogen-bond acceptors (Lipinski definition) is 6. The van der Waals surface area contributed by atoms with Crippen molar-refractivity contribution in [3.05, 3.63) is 24.3 Å². The van der Waals surface area contributed by atoms with Gasteiger partial charge in [-0.2, -0.15) is 8.42 Å². The Balaban J connectivity index is 1.85. The van der Waals surface area contributed by atoms with Gasteiger partial charge in [0.05, 0.1) is 4.90 Å². The largest absolute Gasteiger partial charge is 0.489 e. The molecule has 1 aliphatic heterocycles. The maximum absolute atomic E-state index is 10.9. The molecule has 1 aliphatic rings. The number of hydrogen-bond donors (Lipinski definition) is 2. The highest BCUT2D eigenvalue weighted by molar-refractivity contribution is 7.85. The van der Waals surface area contributed by atoms with E-state index < -0.39 is 16.3 Å². The van der Waals surface area contributed by atoms with Crippen LogP contribution in [-0.2, 0) is 10.1 Å². The molecule has 1 aromatic carbocycles. The number of likely N-dealkylation sites (N-methyl/N-ethyl adjacent to an activating group) is 1. The Kier molecular flexibility index (Phi) is 5.17. The van der Waals surface area contributed by atoms with Gasteiger partial charge in [-0.15, -0.1) is 0 Å². The van der Waals surface area contributed by atoms with Crippen LogP contribution >= 0.6 is 0 Å². The van der Waals surface area contributed by atoms with E-state index in [9.17, 15) is 13.5 Å². The Morgan fingerprint density at radius 3 is 2.29 bits per heavy atom. The number of piperazine rings is 1. The van der Waals surface area contributed by atoms with Gasteiger partial charge >= 0.3 is 0 Å². The first-order chi connectivity index (χ1) is 9.86. The molecular weight excluding hydrogens is 296 g/mol. The van der Waals surface area contributed by atoms with Crippen LogP contribution in [0.1, 0.15) is 0 Å². The Bertz CT molecular complexity index is 552. The SMILES string of the molecule is CN1CCN(C(O)COc2ccc(S(=O)(=O)O)cc2)CC1. The molecule has 0 radical (unpaired) electrons. The van der Waals surface area contributed by atoms with E-state index in [-0.39, 0.29) is 11.5 Å². The Hall–Kier alpha value is -1.19. The third-order valence-electron chi connectivity index (χ3n) is 3.48. The number of aliphatic hydroxyl groups excluding tert-OH is 1. The summed E-state index contributed by atoms with van der Waals surface area (Å²) in [7, 11) is -2.15. The average Bonchev–Trinajstić information content (AvgIpc) is 2.45. The smallest absolute Gasteiger partial charge is 0.294 e. The zero-order chi connectivity index (χ0) is 15.5. The first kappa shape index (κ1) is 16.2. The van der Waals surface area contributed by atoms with Crippen LogP contribution in [0.3, 0.4) is 0 Å². The maximum Gasteiger partial charge on any atom is 0.294 e. The van der Waals surface area contributed by atoms with Gasteiger partial charge in [-0.3, -0.25) is 9.45 Å². The van der Waals surface area contributed by atoms with Gasteiger partial charge in [0.2, 0.25) is 0 Å². The Morgan fingerprint density at radius 1 is 1.19 bits per heavy atom. The van der Waals surface area contributed by atoms with Gasteiger partial charge in [0, 0.05) is 26.2 Å². The van der Waals surface area contributed by atoms with Crippen molar-refractivity contribution in [2.45, 2.75) is 11.1 Å². The van der Waals surface area contributed by atoms with Gasteiger partial charge in [0.15, 0.2) is 0 Å². The molecule has 1 aromatic rings. The maximum atomic E-state index is 10.9. The summed E-state index contributed by atoms with van der Waals surface area (Å²) >= 11 is 0. The molecule has 7 nitrogen and oxygen atoms in total. The summed E-state index contributed by atoms with van der Waals surface area (Å²) < 4.78 is 36.1. The highest BCUT2D eigenvalue weighted by Gasteiger charge is 2.20. The zero-order valence-corrected chi connectivity index (χ0v) is 12.7. The lowest BCUT2D eigenvalue weighted by Crippen LogP contribution is -2.50. The van der Waals surface area contributed by atoms with Crippen molar-refractivity contribution < 1.29 is 22.8 Å². The van der Waals surface area contributed by atoms with E-state index in [0.717, 1.165) is 26.2 Å². The molecule has 0 bridgehead atoms. The lowest BCUT2D eigenvalue weighted by Gasteiger charge is -2.35. The highest BCUT2D eigenvalue weighted by atomic mass is 32.2. The van der Waals surface area contributed by atoms with Gasteiger partial charge in [0.1, 0.15) is 18.6 Å². The molecule has 8 heteroatoms. The predicted octanol–water partition coefficient (Wildman–Crippen LogP) is -0.122. The summed E-state index contributed by atoms with van der Waals surface area (Å²) in [6.07, 6.45) is -0.694. The molecule has 1 saturated heterocycles. The number of nitrogens with zero attached hydrogens (tertiary/aromatic N) is 2. The van der Waals surface area contributed by atoms with E-state index in [1.165, 1.54) is 24.3 Å². The first-order valence-corrected chi connectivity index (χ1v) is 8.11. The topological polar surface area (TPSA) is 90.3 Å². The molecule has 1 fully saturated rings. The van der Waals surface area contributed by atoms with Gasteiger partial charge in [-0.1, -0.05) is 0 Å². The second-order valence-corrected chi connectivity index (χ2v) is 6.50. The normalized spacial score (nSPS) is 19.4. The fraction of sp³-hybridized carbons (Fsp3) is 0.538. The highest BCUT2D eigenvalue weighted by Crippen LogP contribution is 2.16. The van der Waals surface area contributed by atoms with Crippen LogP contribution in [-0.4, -0.2) is 73.9 Å². The van der Waals surface area contributed by atoms with E-state index in [0.29, 0.717) is 5.75 Å². The lowest BCUT2D eigenvalue weighted by molar-refractivity contribution is -0.0463. The molecule has 0 saturated carbocycles. The van der Waals surface area contributed by atoms with Crippen molar-refractivity contribution in [1.29, 1.82) is 0 Å². The molecule has 1 heterocycles. The van der Waals surface area contributed by atoms with Crippen molar-refractivity contribution in [2.24, 2.45) is 0 Å². The zero-order valence-electron chi connectivity index (χ0n) is 11.8. The molecule has 21 heavy (non-hydrogen) atoms. The Labute approximate surface area is 124 Å². The fourth-order valence-electron chi connectivity index (χ4n) is 2.10. The Morgan fingerprint density at radius 2 is 1.76 bits per heavy atom. The molecule has 2 N–H and O–H groups in total. The van der Waals surface area contributed by atoms with E-state index >= 15 is 0 Å².